The van der Waals surface area contributed by atoms with Gasteiger partial charge in [0.05, 0.1) is 17.1 Å². The van der Waals surface area contributed by atoms with Crippen LogP contribution in [0, 0.1) is 0 Å². The van der Waals surface area contributed by atoms with Crippen molar-refractivity contribution >= 4 is 9.84 Å². The second kappa shape index (κ2) is 8.51. The molecule has 0 aliphatic carbocycles. The van der Waals surface area contributed by atoms with Gasteiger partial charge in [-0.3, -0.25) is 0 Å². The molecule has 0 aliphatic heterocycles. The van der Waals surface area contributed by atoms with Crippen LogP contribution in [-0.2, 0) is 21.1 Å². The maximum Gasteiger partial charge on any atom is 0.157 e. The second-order valence-corrected chi connectivity index (χ2v) is 8.92. The number of sulfone groups is 1. The van der Waals surface area contributed by atoms with Crippen molar-refractivity contribution in [2.45, 2.75) is 38.5 Å². The van der Waals surface area contributed by atoms with Gasteiger partial charge in [-0.2, -0.15) is 0 Å². The molecule has 120 valence electrons. The molecule has 0 fully saturated rings. The Labute approximate surface area is 128 Å². The van der Waals surface area contributed by atoms with Crippen LogP contribution >= 0.6 is 0 Å². The number of benzene rings is 1. The first-order chi connectivity index (χ1) is 9.83. The fourth-order valence-electron chi connectivity index (χ4n) is 1.70. The molecule has 0 heterocycles. The lowest BCUT2D eigenvalue weighted by Gasteiger charge is -2.18. The Balaban J connectivity index is 2.03. The van der Waals surface area contributed by atoms with Gasteiger partial charge in [-0.25, -0.2) is 8.42 Å². The summed E-state index contributed by atoms with van der Waals surface area (Å²) in [5.41, 5.74) is 1.26. The average Bonchev–Trinajstić information content (AvgIpc) is 2.41. The molecule has 0 saturated carbocycles. The van der Waals surface area contributed by atoms with Crippen LogP contribution in [0.2, 0.25) is 0 Å². The van der Waals surface area contributed by atoms with Gasteiger partial charge in [-0.1, -0.05) is 30.3 Å². The molecule has 1 aromatic rings. The van der Waals surface area contributed by atoms with Gasteiger partial charge in [-0.05, 0) is 39.3 Å². The summed E-state index contributed by atoms with van der Waals surface area (Å²) in [7, 11) is -3.07. The van der Waals surface area contributed by atoms with E-state index in [2.05, 4.69) is 17.4 Å². The van der Waals surface area contributed by atoms with Crippen molar-refractivity contribution in [1.82, 2.24) is 5.32 Å². The Morgan fingerprint density at radius 1 is 1.10 bits per heavy atom. The highest BCUT2D eigenvalue weighted by molar-refractivity contribution is 7.92. The molecule has 5 heteroatoms. The predicted octanol–water partition coefficient (Wildman–Crippen LogP) is 2.40. The third kappa shape index (κ3) is 7.07. The second-order valence-electron chi connectivity index (χ2n) is 6.06. The Morgan fingerprint density at radius 3 is 2.38 bits per heavy atom. The Bertz CT molecular complexity index is 492. The molecule has 1 aromatic carbocycles. The summed E-state index contributed by atoms with van der Waals surface area (Å²) in [6.45, 7) is 7.72. The first kappa shape index (κ1) is 18.1. The summed E-state index contributed by atoms with van der Waals surface area (Å²) >= 11 is 0. The molecule has 21 heavy (non-hydrogen) atoms. The van der Waals surface area contributed by atoms with E-state index in [1.54, 1.807) is 20.8 Å². The van der Waals surface area contributed by atoms with E-state index in [-0.39, 0.29) is 12.4 Å². The molecule has 4 nitrogen and oxygen atoms in total. The first-order valence-electron chi connectivity index (χ1n) is 7.37. The highest BCUT2D eigenvalue weighted by Crippen LogP contribution is 2.15. The van der Waals surface area contributed by atoms with Crippen molar-refractivity contribution in [3.05, 3.63) is 35.9 Å². The van der Waals surface area contributed by atoms with Gasteiger partial charge in [0.1, 0.15) is 0 Å². The predicted molar refractivity (Wildman–Crippen MR) is 87.1 cm³/mol. The quantitative estimate of drug-likeness (QED) is 0.711. The van der Waals surface area contributed by atoms with Gasteiger partial charge < -0.3 is 10.1 Å². The Hall–Kier alpha value is -0.910. The lowest BCUT2D eigenvalue weighted by molar-refractivity contribution is 0.146. The topological polar surface area (TPSA) is 55.4 Å². The number of hydrogen-bond acceptors (Lipinski definition) is 4. The average molecular weight is 313 g/mol. The van der Waals surface area contributed by atoms with Crippen molar-refractivity contribution in [3.63, 3.8) is 0 Å². The summed E-state index contributed by atoms with van der Waals surface area (Å²) in [5, 5.41) is 3.33. The minimum atomic E-state index is -3.07. The van der Waals surface area contributed by atoms with Gasteiger partial charge >= 0.3 is 0 Å². The molecular formula is C16H27NO3S. The van der Waals surface area contributed by atoms with Crippen LogP contribution in [0.1, 0.15) is 32.8 Å². The van der Waals surface area contributed by atoms with Crippen LogP contribution < -0.4 is 5.32 Å². The zero-order chi connectivity index (χ0) is 15.8. The molecule has 0 bridgehead atoms. The zero-order valence-electron chi connectivity index (χ0n) is 13.3. The first-order valence-corrected chi connectivity index (χ1v) is 9.03. The van der Waals surface area contributed by atoms with Crippen molar-refractivity contribution in [1.29, 1.82) is 0 Å². The molecule has 0 aliphatic rings. The molecule has 1 N–H and O–H groups in total. The highest BCUT2D eigenvalue weighted by Gasteiger charge is 2.28. The van der Waals surface area contributed by atoms with E-state index in [1.807, 2.05) is 18.2 Å². The smallest absolute Gasteiger partial charge is 0.157 e. The fraction of sp³-hybridized carbons (Fsp3) is 0.625. The Kier molecular flexibility index (Phi) is 7.35. The number of nitrogens with one attached hydrogen (secondary N) is 1. The number of ether oxygens (including phenoxy) is 1. The van der Waals surface area contributed by atoms with Gasteiger partial charge in [0, 0.05) is 13.2 Å². The van der Waals surface area contributed by atoms with E-state index >= 15 is 0 Å². The number of rotatable bonds is 9. The molecule has 0 radical (unpaired) electrons. The SMILES string of the molecule is CC(C)(C)S(=O)(=O)CCOCCCNCc1ccccc1. The normalized spacial score (nSPS) is 12.5. The largest absolute Gasteiger partial charge is 0.380 e. The van der Waals surface area contributed by atoms with Crippen molar-refractivity contribution in [2.75, 3.05) is 25.5 Å². The standard InChI is InChI=1S/C16H27NO3S/c1-16(2,3)21(18,19)13-12-20-11-7-10-17-14-15-8-5-4-6-9-15/h4-6,8-9,17H,7,10-14H2,1-3H3. The minimum Gasteiger partial charge on any atom is -0.380 e. The molecule has 0 unspecified atom stereocenters. The highest BCUT2D eigenvalue weighted by atomic mass is 32.2. The molecule has 0 saturated heterocycles. The van der Waals surface area contributed by atoms with Crippen LogP contribution in [0.15, 0.2) is 30.3 Å². The summed E-state index contributed by atoms with van der Waals surface area (Å²) in [5.74, 6) is 0.0912. The Morgan fingerprint density at radius 2 is 1.76 bits per heavy atom. The van der Waals surface area contributed by atoms with Crippen molar-refractivity contribution < 1.29 is 13.2 Å². The van der Waals surface area contributed by atoms with Crippen molar-refractivity contribution in [3.8, 4) is 0 Å². The van der Waals surface area contributed by atoms with Crippen LogP contribution in [-0.4, -0.2) is 38.7 Å². The van der Waals surface area contributed by atoms with E-state index in [1.165, 1.54) is 5.56 Å². The maximum atomic E-state index is 11.9. The van der Waals surface area contributed by atoms with Crippen LogP contribution in [0.25, 0.3) is 0 Å². The number of hydrogen-bond donors (Lipinski definition) is 1. The van der Waals surface area contributed by atoms with Gasteiger partial charge in [0.15, 0.2) is 9.84 Å². The fourth-order valence-corrected chi connectivity index (χ4v) is 2.65. The van der Waals surface area contributed by atoms with E-state index < -0.39 is 14.6 Å². The lowest BCUT2D eigenvalue weighted by Crippen LogP contribution is -2.32. The van der Waals surface area contributed by atoms with E-state index in [0.29, 0.717) is 6.61 Å². The third-order valence-corrected chi connectivity index (χ3v) is 5.81. The molecule has 0 aromatic heterocycles. The van der Waals surface area contributed by atoms with Crippen LogP contribution in [0.5, 0.6) is 0 Å². The summed E-state index contributed by atoms with van der Waals surface area (Å²) in [6, 6.07) is 10.2. The zero-order valence-corrected chi connectivity index (χ0v) is 14.1. The summed E-state index contributed by atoms with van der Waals surface area (Å²) < 4.78 is 28.4. The van der Waals surface area contributed by atoms with Gasteiger partial charge in [0.2, 0.25) is 0 Å². The third-order valence-electron chi connectivity index (χ3n) is 3.24. The summed E-state index contributed by atoms with van der Waals surface area (Å²) in [6.07, 6.45) is 0.877. The van der Waals surface area contributed by atoms with Crippen LogP contribution in [0.3, 0.4) is 0 Å². The lowest BCUT2D eigenvalue weighted by atomic mass is 10.2. The molecular weight excluding hydrogens is 286 g/mol. The molecule has 0 spiro atoms. The van der Waals surface area contributed by atoms with E-state index in [9.17, 15) is 8.42 Å². The molecule has 0 atom stereocenters. The molecule has 1 rings (SSSR count). The van der Waals surface area contributed by atoms with Crippen LogP contribution in [0.4, 0.5) is 0 Å². The summed E-state index contributed by atoms with van der Waals surface area (Å²) in [4.78, 5) is 0. The maximum absolute atomic E-state index is 11.9. The van der Waals surface area contributed by atoms with Gasteiger partial charge in [-0.15, -0.1) is 0 Å². The molecule has 0 amide bonds. The van der Waals surface area contributed by atoms with E-state index in [4.69, 9.17) is 4.74 Å². The van der Waals surface area contributed by atoms with Crippen molar-refractivity contribution in [2.24, 2.45) is 0 Å². The van der Waals surface area contributed by atoms with E-state index in [0.717, 1.165) is 19.5 Å². The monoisotopic (exact) mass is 313 g/mol. The van der Waals surface area contributed by atoms with Gasteiger partial charge in [0.25, 0.3) is 0 Å². The minimum absolute atomic E-state index is 0.0912.